The van der Waals surface area contributed by atoms with Crippen molar-refractivity contribution in [2.45, 2.75) is 46.2 Å². The van der Waals surface area contributed by atoms with E-state index in [2.05, 4.69) is 15.6 Å². The molecule has 1 amide bonds. The Hall–Kier alpha value is -1.34. The molecule has 1 unspecified atom stereocenters. The van der Waals surface area contributed by atoms with E-state index in [1.54, 1.807) is 0 Å². The van der Waals surface area contributed by atoms with Gasteiger partial charge in [-0.2, -0.15) is 0 Å². The number of anilines is 2. The molecule has 0 aliphatic carbocycles. The number of aromatic nitrogens is 1. The molecule has 1 aromatic rings. The zero-order valence-electron chi connectivity index (χ0n) is 12.7. The van der Waals surface area contributed by atoms with Crippen LogP contribution in [0.5, 0.6) is 0 Å². The average Bonchev–Trinajstić information content (AvgIpc) is 2.65. The Balaban J connectivity index is 2.69. The molecule has 1 atom stereocenters. The summed E-state index contributed by atoms with van der Waals surface area (Å²) in [5, 5.41) is 6.70. The van der Waals surface area contributed by atoms with Gasteiger partial charge in [-0.25, -0.2) is 4.98 Å². The van der Waals surface area contributed by atoms with Crippen LogP contribution in [0.25, 0.3) is 0 Å². The van der Waals surface area contributed by atoms with Gasteiger partial charge in [-0.15, -0.1) is 0 Å². The van der Waals surface area contributed by atoms with Crippen molar-refractivity contribution in [2.24, 2.45) is 0 Å². The van der Waals surface area contributed by atoms with Gasteiger partial charge in [0.05, 0.1) is 6.61 Å². The molecule has 6 nitrogen and oxygen atoms in total. The maximum Gasteiger partial charge on any atom is 0.265 e. The maximum absolute atomic E-state index is 12.1. The summed E-state index contributed by atoms with van der Waals surface area (Å²) in [5.41, 5.74) is 5.68. The lowest BCUT2D eigenvalue weighted by Gasteiger charge is -2.19. The lowest BCUT2D eigenvalue weighted by atomic mass is 10.1. The van der Waals surface area contributed by atoms with Gasteiger partial charge in [-0.1, -0.05) is 11.3 Å². The van der Waals surface area contributed by atoms with Crippen molar-refractivity contribution in [3.8, 4) is 0 Å². The topological polar surface area (TPSA) is 89.3 Å². The van der Waals surface area contributed by atoms with Gasteiger partial charge in [0, 0.05) is 18.2 Å². The standard InChI is InChI=1S/C13H24N4O2S/c1-6-19-7-8(2)15-11(18)9-10(14)16-12(20-9)17-13(3,4)5/h8H,6-7,14H2,1-5H3,(H,15,18)(H,16,17). The monoisotopic (exact) mass is 300 g/mol. The van der Waals surface area contributed by atoms with E-state index in [0.717, 1.165) is 0 Å². The second-order valence-electron chi connectivity index (χ2n) is 5.64. The molecule has 1 aromatic heterocycles. The van der Waals surface area contributed by atoms with Crippen LogP contribution in [0.2, 0.25) is 0 Å². The Labute approximate surface area is 124 Å². The summed E-state index contributed by atoms with van der Waals surface area (Å²) in [4.78, 5) is 16.7. The minimum Gasteiger partial charge on any atom is -0.382 e. The van der Waals surface area contributed by atoms with Gasteiger partial charge in [-0.3, -0.25) is 4.79 Å². The SMILES string of the molecule is CCOCC(C)NC(=O)c1sc(NC(C)(C)C)nc1N. The highest BCUT2D eigenvalue weighted by molar-refractivity contribution is 7.18. The third-order valence-electron chi connectivity index (χ3n) is 2.29. The molecule has 0 aromatic carbocycles. The fourth-order valence-corrected chi connectivity index (χ4v) is 2.49. The molecule has 114 valence electrons. The highest BCUT2D eigenvalue weighted by atomic mass is 32.1. The van der Waals surface area contributed by atoms with Crippen molar-refractivity contribution >= 4 is 28.2 Å². The van der Waals surface area contributed by atoms with Crippen LogP contribution < -0.4 is 16.4 Å². The highest BCUT2D eigenvalue weighted by Gasteiger charge is 2.20. The number of hydrogen-bond donors (Lipinski definition) is 3. The first-order chi connectivity index (χ1) is 9.23. The van der Waals surface area contributed by atoms with E-state index in [9.17, 15) is 4.79 Å². The lowest BCUT2D eigenvalue weighted by molar-refractivity contribution is 0.0876. The van der Waals surface area contributed by atoms with Gasteiger partial charge in [-0.05, 0) is 34.6 Å². The summed E-state index contributed by atoms with van der Waals surface area (Å²) in [5.74, 6) is 0.0389. The van der Waals surface area contributed by atoms with Gasteiger partial charge in [0.2, 0.25) is 0 Å². The molecule has 0 saturated heterocycles. The summed E-state index contributed by atoms with van der Waals surface area (Å²) in [7, 11) is 0. The molecule has 1 rings (SSSR count). The van der Waals surface area contributed by atoms with Crippen molar-refractivity contribution in [2.75, 3.05) is 24.3 Å². The van der Waals surface area contributed by atoms with E-state index >= 15 is 0 Å². The Kier molecular flexibility index (Phi) is 5.76. The molecule has 0 bridgehead atoms. The quantitative estimate of drug-likeness (QED) is 0.748. The molecule has 20 heavy (non-hydrogen) atoms. The number of thiazole rings is 1. The molecule has 0 aliphatic rings. The maximum atomic E-state index is 12.1. The van der Waals surface area contributed by atoms with E-state index in [-0.39, 0.29) is 23.3 Å². The average molecular weight is 300 g/mol. The van der Waals surface area contributed by atoms with Crippen molar-refractivity contribution in [1.82, 2.24) is 10.3 Å². The van der Waals surface area contributed by atoms with Gasteiger partial charge < -0.3 is 21.1 Å². The predicted octanol–water partition coefficient (Wildman–Crippen LogP) is 2.09. The van der Waals surface area contributed by atoms with E-state index in [1.807, 2.05) is 34.6 Å². The Morgan fingerprint density at radius 3 is 2.70 bits per heavy atom. The fourth-order valence-electron chi connectivity index (χ4n) is 1.49. The van der Waals surface area contributed by atoms with Crippen LogP contribution in [0, 0.1) is 0 Å². The molecule has 7 heteroatoms. The molecule has 0 spiro atoms. The van der Waals surface area contributed by atoms with Crippen LogP contribution in [0.15, 0.2) is 0 Å². The molecule has 4 N–H and O–H groups in total. The summed E-state index contributed by atoms with van der Waals surface area (Å²) >= 11 is 1.26. The van der Waals surface area contributed by atoms with Crippen LogP contribution in [0.1, 0.15) is 44.3 Å². The number of carbonyl (C=O) groups is 1. The van der Waals surface area contributed by atoms with Crippen molar-refractivity contribution in [1.29, 1.82) is 0 Å². The highest BCUT2D eigenvalue weighted by Crippen LogP contribution is 2.27. The second kappa shape index (κ2) is 6.90. The van der Waals surface area contributed by atoms with Crippen LogP contribution in [-0.2, 0) is 4.74 Å². The van der Waals surface area contributed by atoms with E-state index in [0.29, 0.717) is 23.2 Å². The smallest absolute Gasteiger partial charge is 0.265 e. The number of nitrogens with one attached hydrogen (secondary N) is 2. The zero-order chi connectivity index (χ0) is 15.3. The second-order valence-corrected chi connectivity index (χ2v) is 6.64. The number of nitrogens with two attached hydrogens (primary N) is 1. The third-order valence-corrected chi connectivity index (χ3v) is 3.28. The Morgan fingerprint density at radius 1 is 1.50 bits per heavy atom. The number of hydrogen-bond acceptors (Lipinski definition) is 6. The summed E-state index contributed by atoms with van der Waals surface area (Å²) in [6.45, 7) is 11.0. The van der Waals surface area contributed by atoms with Crippen LogP contribution in [0.4, 0.5) is 10.9 Å². The molecule has 0 aliphatic heterocycles. The zero-order valence-corrected chi connectivity index (χ0v) is 13.6. The number of amides is 1. The van der Waals surface area contributed by atoms with Gasteiger partial charge >= 0.3 is 0 Å². The lowest BCUT2D eigenvalue weighted by Crippen LogP contribution is -2.35. The van der Waals surface area contributed by atoms with Crippen LogP contribution in [-0.4, -0.2) is 35.7 Å². The Morgan fingerprint density at radius 2 is 2.15 bits per heavy atom. The molecule has 0 saturated carbocycles. The largest absolute Gasteiger partial charge is 0.382 e. The predicted molar refractivity (Wildman–Crippen MR) is 83.3 cm³/mol. The van der Waals surface area contributed by atoms with Crippen LogP contribution in [0.3, 0.4) is 0 Å². The molecule has 0 radical (unpaired) electrons. The summed E-state index contributed by atoms with van der Waals surface area (Å²) in [6.07, 6.45) is 0. The first kappa shape index (κ1) is 16.7. The van der Waals surface area contributed by atoms with E-state index in [4.69, 9.17) is 10.5 Å². The summed E-state index contributed by atoms with van der Waals surface area (Å²) < 4.78 is 5.26. The van der Waals surface area contributed by atoms with Crippen molar-refractivity contribution < 1.29 is 9.53 Å². The van der Waals surface area contributed by atoms with Crippen molar-refractivity contribution in [3.05, 3.63) is 4.88 Å². The van der Waals surface area contributed by atoms with Crippen LogP contribution >= 0.6 is 11.3 Å². The first-order valence-electron chi connectivity index (χ1n) is 6.66. The third kappa shape index (κ3) is 5.34. The normalized spacial score (nSPS) is 13.1. The van der Waals surface area contributed by atoms with Gasteiger partial charge in [0.25, 0.3) is 5.91 Å². The molecular formula is C13H24N4O2S. The minimum absolute atomic E-state index is 0.0667. The fraction of sp³-hybridized carbons (Fsp3) is 0.692. The first-order valence-corrected chi connectivity index (χ1v) is 7.47. The van der Waals surface area contributed by atoms with Crippen molar-refractivity contribution in [3.63, 3.8) is 0 Å². The number of nitrogens with zero attached hydrogens (tertiary/aromatic N) is 1. The Bertz CT molecular complexity index is 454. The minimum atomic E-state index is -0.214. The van der Waals surface area contributed by atoms with Gasteiger partial charge in [0.1, 0.15) is 10.7 Å². The van der Waals surface area contributed by atoms with E-state index in [1.165, 1.54) is 11.3 Å². The number of carbonyl (C=O) groups excluding carboxylic acids is 1. The van der Waals surface area contributed by atoms with E-state index < -0.39 is 0 Å². The number of ether oxygens (including phenoxy) is 1. The number of nitrogen functional groups attached to an aromatic ring is 1. The van der Waals surface area contributed by atoms with Gasteiger partial charge in [0.15, 0.2) is 5.13 Å². The summed E-state index contributed by atoms with van der Waals surface area (Å²) in [6, 6.07) is -0.0667. The molecule has 1 heterocycles. The molecular weight excluding hydrogens is 276 g/mol. The number of rotatable bonds is 6. The molecule has 0 fully saturated rings.